The molecule has 0 aliphatic carbocycles. The predicted octanol–water partition coefficient (Wildman–Crippen LogP) is 4.68. The van der Waals surface area contributed by atoms with Crippen molar-refractivity contribution < 1.29 is 48.1 Å². The molecule has 0 spiro atoms. The van der Waals surface area contributed by atoms with Gasteiger partial charge in [0, 0.05) is 39.5 Å². The lowest BCUT2D eigenvalue weighted by molar-refractivity contribution is -0.502. The Morgan fingerprint density at radius 3 is 2.18 bits per heavy atom. The maximum atomic E-state index is 12.4. The Morgan fingerprint density at radius 2 is 1.57 bits per heavy atom. The van der Waals surface area contributed by atoms with Crippen molar-refractivity contribution in [2.75, 3.05) is 41.3 Å². The Morgan fingerprint density at radius 1 is 0.909 bits per heavy atom. The van der Waals surface area contributed by atoms with Crippen molar-refractivity contribution in [2.45, 2.75) is 87.7 Å². The van der Waals surface area contributed by atoms with Crippen LogP contribution in [0.5, 0.6) is 5.75 Å². The minimum absolute atomic E-state index is 0.0193. The lowest BCUT2D eigenvalue weighted by Gasteiger charge is -2.58. The third kappa shape index (κ3) is 7.50. The van der Waals surface area contributed by atoms with E-state index in [1.165, 1.54) is 14.2 Å². The molecule has 0 aromatic heterocycles. The van der Waals surface area contributed by atoms with Crippen molar-refractivity contribution in [1.29, 1.82) is 0 Å². The summed E-state index contributed by atoms with van der Waals surface area (Å²) in [5.41, 5.74) is 2.12. The second kappa shape index (κ2) is 14.0. The first kappa shape index (κ1) is 35.2. The van der Waals surface area contributed by atoms with Crippen LogP contribution in [0.4, 0.5) is 0 Å². The van der Waals surface area contributed by atoms with Crippen LogP contribution < -0.4 is 4.74 Å². The lowest BCUT2D eigenvalue weighted by Crippen LogP contribution is -2.75. The fraction of sp³-hybridized carbons (Fsp3) is 0.625. The highest BCUT2D eigenvalue weighted by atomic mass is 35.5. The van der Waals surface area contributed by atoms with Crippen LogP contribution in [0.25, 0.3) is 0 Å². The van der Waals surface area contributed by atoms with Gasteiger partial charge in [0.2, 0.25) is 17.4 Å². The summed E-state index contributed by atoms with van der Waals surface area (Å²) in [4.78, 5) is 0. The first-order chi connectivity index (χ1) is 20.7. The summed E-state index contributed by atoms with van der Waals surface area (Å²) >= 11 is 6.63. The number of methoxy groups -OCH3 is 3. The minimum Gasteiger partial charge on any atom is -0.497 e. The van der Waals surface area contributed by atoms with Gasteiger partial charge >= 0.3 is 0 Å². The van der Waals surface area contributed by atoms with E-state index in [-0.39, 0.29) is 13.4 Å². The van der Waals surface area contributed by atoms with Crippen LogP contribution in [0.2, 0.25) is 30.7 Å². The third-order valence-electron chi connectivity index (χ3n) is 8.51. The minimum atomic E-state index is -2.09. The van der Waals surface area contributed by atoms with Crippen molar-refractivity contribution in [3.8, 4) is 5.75 Å². The molecule has 4 rings (SSSR count). The summed E-state index contributed by atoms with van der Waals surface area (Å²) in [6.07, 6.45) is -4.06. The number of fused-ring (bicyclic) bond motifs is 1. The van der Waals surface area contributed by atoms with Gasteiger partial charge in [-0.15, -0.1) is 0 Å². The number of ether oxygens (including phenoxy) is 8. The highest BCUT2D eigenvalue weighted by Gasteiger charge is 2.66. The van der Waals surface area contributed by atoms with Crippen LogP contribution in [0, 0.1) is 0 Å². The van der Waals surface area contributed by atoms with Gasteiger partial charge in [0.05, 0.1) is 13.7 Å². The lowest BCUT2D eigenvalue weighted by atomic mass is 9.85. The normalized spacial score (nSPS) is 32.3. The molecular weight excluding hydrogens is 608 g/mol. The summed E-state index contributed by atoms with van der Waals surface area (Å²) in [7, 11) is 3.28. The van der Waals surface area contributed by atoms with E-state index in [9.17, 15) is 10.2 Å². The molecule has 0 bridgehead atoms. The molecule has 12 heteroatoms. The van der Waals surface area contributed by atoms with E-state index in [4.69, 9.17) is 49.5 Å². The summed E-state index contributed by atoms with van der Waals surface area (Å²) in [6.45, 7) is 10.6. The van der Waals surface area contributed by atoms with Gasteiger partial charge < -0.3 is 48.1 Å². The van der Waals surface area contributed by atoms with Gasteiger partial charge in [-0.3, -0.25) is 0 Å². The van der Waals surface area contributed by atoms with E-state index in [2.05, 4.69) is 19.6 Å². The van der Waals surface area contributed by atoms with E-state index >= 15 is 0 Å². The highest BCUT2D eigenvalue weighted by Crippen LogP contribution is 2.49. The fourth-order valence-corrected chi connectivity index (χ4v) is 6.31. The fourth-order valence-electron chi connectivity index (χ4n) is 5.36. The Hall–Kier alpha value is -1.61. The Labute approximate surface area is 266 Å². The zero-order valence-electron chi connectivity index (χ0n) is 26.9. The van der Waals surface area contributed by atoms with Crippen molar-refractivity contribution >= 4 is 19.7 Å². The van der Waals surface area contributed by atoms with Gasteiger partial charge in [0.1, 0.15) is 37.0 Å². The molecule has 2 unspecified atom stereocenters. The van der Waals surface area contributed by atoms with Crippen LogP contribution in [-0.2, 0) is 45.4 Å². The molecule has 0 saturated carbocycles. The number of aliphatic hydroxyl groups is 2. The summed E-state index contributed by atoms with van der Waals surface area (Å²) in [6, 6.07) is 13.8. The first-order valence-electron chi connectivity index (χ1n) is 14.8. The van der Waals surface area contributed by atoms with E-state index in [0.717, 1.165) is 22.9 Å². The molecule has 10 nitrogen and oxygen atoms in total. The average Bonchev–Trinajstić information content (AvgIpc) is 2.99. The zero-order chi connectivity index (χ0) is 32.3. The first-order valence-corrected chi connectivity index (χ1v) is 18.9. The Balaban J connectivity index is 1.64. The molecule has 2 fully saturated rings. The zero-order valence-corrected chi connectivity index (χ0v) is 28.7. The number of aliphatic hydroxyl groups excluding tert-OH is 1. The van der Waals surface area contributed by atoms with Crippen molar-refractivity contribution in [2.24, 2.45) is 0 Å². The van der Waals surface area contributed by atoms with E-state index in [0.29, 0.717) is 23.6 Å². The average molecular weight is 655 g/mol. The number of rotatable bonds is 13. The molecule has 2 N–H and O–H groups in total. The summed E-state index contributed by atoms with van der Waals surface area (Å²) < 4.78 is 47.2. The smallest absolute Gasteiger partial charge is 0.222 e. The van der Waals surface area contributed by atoms with E-state index < -0.39 is 49.9 Å². The van der Waals surface area contributed by atoms with Crippen LogP contribution in [0.15, 0.2) is 42.5 Å². The molecule has 246 valence electrons. The Bertz CT molecular complexity index is 1240. The highest BCUT2D eigenvalue weighted by molar-refractivity contribution is 6.76. The molecule has 0 radical (unpaired) electrons. The maximum Gasteiger partial charge on any atom is 0.222 e. The topological polar surface area (TPSA) is 114 Å². The molecule has 2 heterocycles. The quantitative estimate of drug-likeness (QED) is 0.179. The molecule has 2 aliphatic heterocycles. The van der Waals surface area contributed by atoms with Crippen molar-refractivity contribution in [3.05, 3.63) is 64.2 Å². The van der Waals surface area contributed by atoms with Gasteiger partial charge in [0.15, 0.2) is 0 Å². The monoisotopic (exact) mass is 654 g/mol. The van der Waals surface area contributed by atoms with Crippen molar-refractivity contribution in [3.63, 3.8) is 0 Å². The maximum absolute atomic E-state index is 12.4. The predicted molar refractivity (Wildman–Crippen MR) is 168 cm³/mol. The van der Waals surface area contributed by atoms with Crippen LogP contribution in [-0.4, -0.2) is 95.6 Å². The van der Waals surface area contributed by atoms with E-state index in [1.807, 2.05) is 24.3 Å². The Kier molecular flexibility index (Phi) is 11.2. The number of hydrogen-bond acceptors (Lipinski definition) is 10. The molecule has 44 heavy (non-hydrogen) atoms. The standard InChI is InChI=1S/C32H47ClO10Si/c1-30(37-4)31(2,38-5)43-29-28(42-30)27(34)26(19-40-20-39-15-16-44(6,7)8)41-32(29,35)23-11-14-25(33)22(18-23)17-21-9-12-24(36-3)13-10-21/h9-14,18,26-29,34-35H,15-17,19-20H2,1-8H3/t26-,27-,28+,29-,30?,31?,32+/m1/s1. The van der Waals surface area contributed by atoms with E-state index in [1.54, 1.807) is 39.2 Å². The molecule has 7 atom stereocenters. The van der Waals surface area contributed by atoms with Gasteiger partial charge in [-0.05, 0) is 61.7 Å². The van der Waals surface area contributed by atoms with Gasteiger partial charge in [-0.2, -0.15) is 0 Å². The molecule has 2 aromatic carbocycles. The molecule has 2 aromatic rings. The summed E-state index contributed by atoms with van der Waals surface area (Å²) in [5.74, 6) is -4.24. The molecule has 0 amide bonds. The molecular formula is C32H47ClO10Si. The number of hydrogen-bond donors (Lipinski definition) is 2. The van der Waals surface area contributed by atoms with Gasteiger partial charge in [-0.25, -0.2) is 0 Å². The number of benzene rings is 2. The SMILES string of the molecule is COc1ccc(Cc2cc([C@]3(O)O[C@H](COCOCC[Si](C)(C)C)[C@@H](O)[C@@H]4OC(C)(OC)C(C)(OC)O[C@H]43)ccc2Cl)cc1. The van der Waals surface area contributed by atoms with Crippen LogP contribution in [0.3, 0.4) is 0 Å². The van der Waals surface area contributed by atoms with Crippen LogP contribution >= 0.6 is 11.6 Å². The largest absolute Gasteiger partial charge is 0.497 e. The van der Waals surface area contributed by atoms with Crippen molar-refractivity contribution in [1.82, 2.24) is 0 Å². The molecule has 2 saturated heterocycles. The van der Waals surface area contributed by atoms with Gasteiger partial charge in [0.25, 0.3) is 0 Å². The number of halogens is 1. The second-order valence-corrected chi connectivity index (χ2v) is 18.8. The molecule has 2 aliphatic rings. The summed E-state index contributed by atoms with van der Waals surface area (Å²) in [5, 5.41) is 24.4. The second-order valence-electron chi connectivity index (χ2n) is 12.8. The van der Waals surface area contributed by atoms with Crippen LogP contribution in [0.1, 0.15) is 30.5 Å². The van der Waals surface area contributed by atoms with Gasteiger partial charge in [-0.1, -0.05) is 49.4 Å². The third-order valence-corrected chi connectivity index (χ3v) is 10.6.